The number of primary amides is 1. The van der Waals surface area contributed by atoms with Crippen LogP contribution >= 0.6 is 0 Å². The highest BCUT2D eigenvalue weighted by Gasteiger charge is 2.56. The number of likely N-dealkylation sites (N-methyl/N-ethyl adjacent to an activating group) is 1. The lowest BCUT2D eigenvalue weighted by atomic mass is 9.73. The largest absolute Gasteiger partial charge is 0.368 e. The molecule has 1 saturated carbocycles. The Kier molecular flexibility index (Phi) is 4.42. The molecule has 27 heavy (non-hydrogen) atoms. The van der Waals surface area contributed by atoms with Gasteiger partial charge < -0.3 is 21.3 Å². The molecular formula is C20H26N4O3. The highest BCUT2D eigenvalue weighted by molar-refractivity contribution is 5.96. The van der Waals surface area contributed by atoms with E-state index in [2.05, 4.69) is 10.6 Å². The van der Waals surface area contributed by atoms with Crippen LogP contribution in [0.25, 0.3) is 0 Å². The van der Waals surface area contributed by atoms with E-state index in [0.29, 0.717) is 12.5 Å². The molecule has 1 aromatic rings. The minimum atomic E-state index is -0.915. The van der Waals surface area contributed by atoms with Gasteiger partial charge in [-0.05, 0) is 36.9 Å². The van der Waals surface area contributed by atoms with Crippen LogP contribution in [0.3, 0.4) is 0 Å². The number of carbonyl (C=O) groups is 3. The Bertz CT molecular complexity index is 791. The topological polar surface area (TPSA) is 105 Å². The first kappa shape index (κ1) is 18.0. The van der Waals surface area contributed by atoms with Gasteiger partial charge in [-0.2, -0.15) is 0 Å². The first-order chi connectivity index (χ1) is 13.0. The van der Waals surface area contributed by atoms with Gasteiger partial charge in [0.15, 0.2) is 0 Å². The Balaban J connectivity index is 1.69. The van der Waals surface area contributed by atoms with Gasteiger partial charge in [-0.3, -0.25) is 14.4 Å². The molecule has 2 unspecified atom stereocenters. The maximum Gasteiger partial charge on any atom is 0.240 e. The molecule has 2 aliphatic heterocycles. The number of benzene rings is 1. The fourth-order valence-corrected chi connectivity index (χ4v) is 4.59. The molecule has 2 fully saturated rings. The molecule has 4 N–H and O–H groups in total. The predicted molar refractivity (Wildman–Crippen MR) is 99.5 cm³/mol. The van der Waals surface area contributed by atoms with Crippen LogP contribution in [-0.2, 0) is 26.3 Å². The highest BCUT2D eigenvalue weighted by atomic mass is 16.2. The first-order valence-electron chi connectivity index (χ1n) is 9.60. The van der Waals surface area contributed by atoms with E-state index in [1.54, 1.807) is 7.05 Å². The summed E-state index contributed by atoms with van der Waals surface area (Å²) in [6, 6.07) is 6.61. The molecule has 144 valence electrons. The van der Waals surface area contributed by atoms with Crippen LogP contribution in [0.4, 0.5) is 0 Å². The molecule has 7 heteroatoms. The molecule has 1 saturated heterocycles. The van der Waals surface area contributed by atoms with Crippen molar-refractivity contribution in [2.45, 2.75) is 49.7 Å². The Morgan fingerprint density at radius 1 is 1.37 bits per heavy atom. The second-order valence-electron chi connectivity index (χ2n) is 8.03. The number of nitrogens with two attached hydrogens (primary N) is 1. The average Bonchev–Trinajstić information content (AvgIpc) is 3.40. The van der Waals surface area contributed by atoms with Gasteiger partial charge in [0.1, 0.15) is 6.04 Å². The van der Waals surface area contributed by atoms with Crippen molar-refractivity contribution in [3.05, 3.63) is 35.4 Å². The van der Waals surface area contributed by atoms with Gasteiger partial charge in [-0.25, -0.2) is 0 Å². The molecule has 3 atom stereocenters. The lowest BCUT2D eigenvalue weighted by Gasteiger charge is -2.35. The van der Waals surface area contributed by atoms with Gasteiger partial charge >= 0.3 is 0 Å². The van der Waals surface area contributed by atoms with Gasteiger partial charge in [0, 0.05) is 13.1 Å². The standard InChI is InChI=1S/C20H26N4O3/c1-22-15(8-12-6-7-12)18(26)24-11-20(9-16(24)17(21)25)14-5-3-2-4-13(14)10-23-19(20)27/h2-5,12,15-16,22H,6-11H2,1H3,(H2,21,25)(H,23,27)/t15-,16?,20?/m0/s1. The zero-order valence-electron chi connectivity index (χ0n) is 15.5. The average molecular weight is 370 g/mol. The second-order valence-corrected chi connectivity index (χ2v) is 8.03. The summed E-state index contributed by atoms with van der Waals surface area (Å²) in [6.45, 7) is 0.651. The summed E-state index contributed by atoms with van der Waals surface area (Å²) >= 11 is 0. The van der Waals surface area contributed by atoms with E-state index in [-0.39, 0.29) is 30.8 Å². The molecule has 0 bridgehead atoms. The quantitative estimate of drug-likeness (QED) is 0.680. The highest BCUT2D eigenvalue weighted by Crippen LogP contribution is 2.43. The first-order valence-corrected chi connectivity index (χ1v) is 9.60. The molecule has 0 radical (unpaired) electrons. The molecule has 7 nitrogen and oxygen atoms in total. The summed E-state index contributed by atoms with van der Waals surface area (Å²) in [5, 5.41) is 6.02. The van der Waals surface area contributed by atoms with E-state index >= 15 is 0 Å². The summed E-state index contributed by atoms with van der Waals surface area (Å²) in [4.78, 5) is 39.9. The maximum absolute atomic E-state index is 13.2. The van der Waals surface area contributed by atoms with Crippen LogP contribution in [0.5, 0.6) is 0 Å². The summed E-state index contributed by atoms with van der Waals surface area (Å²) in [5.74, 6) is -0.266. The van der Waals surface area contributed by atoms with Crippen LogP contribution < -0.4 is 16.4 Å². The van der Waals surface area contributed by atoms with Crippen LogP contribution in [0.2, 0.25) is 0 Å². The lowest BCUT2D eigenvalue weighted by Crippen LogP contribution is -2.53. The van der Waals surface area contributed by atoms with Crippen LogP contribution in [0.15, 0.2) is 24.3 Å². The fraction of sp³-hybridized carbons (Fsp3) is 0.550. The van der Waals surface area contributed by atoms with Gasteiger partial charge in [-0.15, -0.1) is 0 Å². The number of nitrogens with one attached hydrogen (secondary N) is 2. The summed E-state index contributed by atoms with van der Waals surface area (Å²) < 4.78 is 0. The number of hydrogen-bond donors (Lipinski definition) is 3. The van der Waals surface area contributed by atoms with Gasteiger partial charge in [0.2, 0.25) is 17.7 Å². The van der Waals surface area contributed by atoms with Crippen LogP contribution in [0, 0.1) is 5.92 Å². The van der Waals surface area contributed by atoms with Crippen molar-refractivity contribution in [2.75, 3.05) is 13.6 Å². The van der Waals surface area contributed by atoms with E-state index in [1.165, 1.54) is 4.90 Å². The predicted octanol–water partition coefficient (Wildman–Crippen LogP) is 0.0285. The molecule has 1 spiro atoms. The molecule has 3 aliphatic rings. The Morgan fingerprint density at radius 2 is 2.11 bits per heavy atom. The van der Waals surface area contributed by atoms with Crippen molar-refractivity contribution < 1.29 is 14.4 Å². The zero-order chi connectivity index (χ0) is 19.2. The van der Waals surface area contributed by atoms with Crippen molar-refractivity contribution >= 4 is 17.7 Å². The molecule has 1 aliphatic carbocycles. The van der Waals surface area contributed by atoms with E-state index in [0.717, 1.165) is 30.4 Å². The van der Waals surface area contributed by atoms with Crippen LogP contribution in [-0.4, -0.2) is 48.3 Å². The second kappa shape index (κ2) is 6.64. The Labute approximate surface area is 158 Å². The number of carbonyl (C=O) groups excluding carboxylic acids is 3. The molecule has 1 aromatic carbocycles. The number of nitrogens with zero attached hydrogens (tertiary/aromatic N) is 1. The molecule has 3 amide bonds. The molecule has 2 heterocycles. The zero-order valence-corrected chi connectivity index (χ0v) is 15.5. The van der Waals surface area contributed by atoms with Gasteiger partial charge in [-0.1, -0.05) is 37.1 Å². The Morgan fingerprint density at radius 3 is 2.78 bits per heavy atom. The third kappa shape index (κ3) is 3.00. The third-order valence-electron chi connectivity index (χ3n) is 6.29. The van der Waals surface area contributed by atoms with Crippen molar-refractivity contribution in [1.29, 1.82) is 0 Å². The number of likely N-dealkylation sites (tertiary alicyclic amines) is 1. The molecular weight excluding hydrogens is 344 g/mol. The number of hydrogen-bond acceptors (Lipinski definition) is 4. The summed E-state index contributed by atoms with van der Waals surface area (Å²) in [5.41, 5.74) is 6.66. The van der Waals surface area contributed by atoms with Gasteiger partial charge in [0.05, 0.1) is 11.5 Å². The number of fused-ring (bicyclic) bond motifs is 2. The van der Waals surface area contributed by atoms with Crippen molar-refractivity contribution in [2.24, 2.45) is 11.7 Å². The fourth-order valence-electron chi connectivity index (χ4n) is 4.59. The minimum Gasteiger partial charge on any atom is -0.368 e. The van der Waals surface area contributed by atoms with E-state index < -0.39 is 17.4 Å². The van der Waals surface area contributed by atoms with Gasteiger partial charge in [0.25, 0.3) is 0 Å². The maximum atomic E-state index is 13.2. The number of rotatable bonds is 5. The van der Waals surface area contributed by atoms with E-state index in [9.17, 15) is 14.4 Å². The van der Waals surface area contributed by atoms with E-state index in [1.807, 2.05) is 24.3 Å². The summed E-state index contributed by atoms with van der Waals surface area (Å²) in [7, 11) is 1.76. The third-order valence-corrected chi connectivity index (χ3v) is 6.29. The van der Waals surface area contributed by atoms with E-state index in [4.69, 9.17) is 5.73 Å². The number of amides is 3. The van der Waals surface area contributed by atoms with Crippen molar-refractivity contribution in [1.82, 2.24) is 15.5 Å². The SMILES string of the molecule is CN[C@@H](CC1CC1)C(=O)N1CC2(CC1C(N)=O)C(=O)NCc1ccccc12. The molecule has 0 aromatic heterocycles. The smallest absolute Gasteiger partial charge is 0.240 e. The normalized spacial score (nSPS) is 28.0. The lowest BCUT2D eigenvalue weighted by molar-refractivity contribution is -0.139. The minimum absolute atomic E-state index is 0.133. The van der Waals surface area contributed by atoms with Crippen molar-refractivity contribution in [3.63, 3.8) is 0 Å². The van der Waals surface area contributed by atoms with Crippen LogP contribution in [0.1, 0.15) is 36.8 Å². The molecule has 4 rings (SSSR count). The summed E-state index contributed by atoms with van der Waals surface area (Å²) in [6.07, 6.45) is 3.28. The monoisotopic (exact) mass is 370 g/mol. The van der Waals surface area contributed by atoms with Crippen molar-refractivity contribution in [3.8, 4) is 0 Å². The Hall–Kier alpha value is -2.41.